The summed E-state index contributed by atoms with van der Waals surface area (Å²) in [7, 11) is 0. The van der Waals surface area contributed by atoms with Crippen molar-refractivity contribution in [3.63, 3.8) is 0 Å². The number of aliphatic imine (C=N–C) groups is 2. The number of benzene rings is 2. The van der Waals surface area contributed by atoms with Crippen LogP contribution in [0.1, 0.15) is 43.2 Å². The van der Waals surface area contributed by atoms with E-state index < -0.39 is 0 Å². The molecule has 2 atom stereocenters. The molecule has 0 aliphatic carbocycles. The van der Waals surface area contributed by atoms with Crippen LogP contribution in [-0.2, 0) is 0 Å². The van der Waals surface area contributed by atoms with Crippen LogP contribution >= 0.6 is 11.6 Å². The van der Waals surface area contributed by atoms with Crippen molar-refractivity contribution in [2.45, 2.75) is 32.1 Å². The molecule has 2 aliphatic rings. The van der Waals surface area contributed by atoms with Crippen LogP contribution in [0.5, 0.6) is 0 Å². The minimum Gasteiger partial charge on any atom is -0.371 e. The highest BCUT2D eigenvalue weighted by atomic mass is 35.5. The molecule has 148 valence electrons. The molecule has 2 aromatic rings. The standard InChI is InChI=1S/C12H16N2.C11H13ClN2/c1-2-11(12-13-8-9-14-12)10-6-4-3-5-7-10;1-8(11-13-6-7-14-11)9-4-2-3-5-10(9)12/h3-7,11H,2,8-9H2,1H3,(H,13,14);2-5,8H,6-7H2,1H3,(H,13,14). The number of hydrogen-bond donors (Lipinski definition) is 2. The molecule has 0 saturated heterocycles. The van der Waals surface area contributed by atoms with Gasteiger partial charge in [0.25, 0.3) is 0 Å². The predicted molar refractivity (Wildman–Crippen MR) is 120 cm³/mol. The third-order valence-corrected chi connectivity index (χ3v) is 5.47. The van der Waals surface area contributed by atoms with Gasteiger partial charge in [0.1, 0.15) is 11.7 Å². The molecule has 2 aromatic carbocycles. The Morgan fingerprint density at radius 2 is 1.50 bits per heavy atom. The lowest BCUT2D eigenvalue weighted by Crippen LogP contribution is -2.25. The summed E-state index contributed by atoms with van der Waals surface area (Å²) in [5, 5.41) is 7.45. The van der Waals surface area contributed by atoms with E-state index in [0.717, 1.165) is 49.0 Å². The first kappa shape index (κ1) is 20.4. The third kappa shape index (κ3) is 5.14. The number of rotatable bonds is 5. The fourth-order valence-corrected chi connectivity index (χ4v) is 3.90. The van der Waals surface area contributed by atoms with Crippen molar-refractivity contribution in [1.29, 1.82) is 0 Å². The van der Waals surface area contributed by atoms with Gasteiger partial charge in [0.15, 0.2) is 0 Å². The SMILES string of the molecule is CC(C1=NCCN1)c1ccccc1Cl.CCC(C1=NCCN1)c1ccccc1. The second-order valence-corrected chi connectivity index (χ2v) is 7.41. The summed E-state index contributed by atoms with van der Waals surface area (Å²) in [6.45, 7) is 8.09. The van der Waals surface area contributed by atoms with Gasteiger partial charge in [0, 0.05) is 29.9 Å². The van der Waals surface area contributed by atoms with E-state index in [4.69, 9.17) is 11.6 Å². The normalized spacial score (nSPS) is 17.4. The van der Waals surface area contributed by atoms with Crippen molar-refractivity contribution in [2.24, 2.45) is 9.98 Å². The minimum absolute atomic E-state index is 0.270. The summed E-state index contributed by atoms with van der Waals surface area (Å²) < 4.78 is 0. The first-order chi connectivity index (χ1) is 13.7. The molecule has 0 spiro atoms. The van der Waals surface area contributed by atoms with Gasteiger partial charge in [0.05, 0.1) is 13.1 Å². The molecule has 5 heteroatoms. The average Bonchev–Trinajstić information content (AvgIpc) is 3.44. The van der Waals surface area contributed by atoms with Gasteiger partial charge in [-0.2, -0.15) is 0 Å². The zero-order chi connectivity index (χ0) is 19.8. The fraction of sp³-hybridized carbons (Fsp3) is 0.391. The van der Waals surface area contributed by atoms with Crippen LogP contribution in [0, 0.1) is 0 Å². The molecule has 0 saturated carbocycles. The second kappa shape index (κ2) is 10.3. The van der Waals surface area contributed by atoms with Gasteiger partial charge in [-0.3, -0.25) is 9.98 Å². The van der Waals surface area contributed by atoms with E-state index in [0.29, 0.717) is 5.92 Å². The lowest BCUT2D eigenvalue weighted by atomic mass is 9.95. The Bertz CT molecular complexity index is 816. The average molecular weight is 397 g/mol. The minimum atomic E-state index is 0.270. The highest BCUT2D eigenvalue weighted by molar-refractivity contribution is 6.31. The largest absolute Gasteiger partial charge is 0.371 e. The van der Waals surface area contributed by atoms with Gasteiger partial charge in [0.2, 0.25) is 0 Å². The maximum atomic E-state index is 6.11. The van der Waals surface area contributed by atoms with Crippen molar-refractivity contribution in [2.75, 3.05) is 26.2 Å². The number of nitrogens with zero attached hydrogens (tertiary/aromatic N) is 2. The molecule has 0 bridgehead atoms. The van der Waals surface area contributed by atoms with Crippen LogP contribution in [0.3, 0.4) is 0 Å². The Labute approximate surface area is 173 Å². The summed E-state index contributed by atoms with van der Waals surface area (Å²) in [6, 6.07) is 18.5. The van der Waals surface area contributed by atoms with Gasteiger partial charge in [-0.25, -0.2) is 0 Å². The van der Waals surface area contributed by atoms with Crippen LogP contribution in [0.15, 0.2) is 64.6 Å². The maximum Gasteiger partial charge on any atom is 0.104 e. The topological polar surface area (TPSA) is 48.8 Å². The van der Waals surface area contributed by atoms with E-state index in [1.807, 2.05) is 18.2 Å². The molecule has 2 unspecified atom stereocenters. The van der Waals surface area contributed by atoms with Gasteiger partial charge in [-0.05, 0) is 23.6 Å². The number of halogens is 1. The van der Waals surface area contributed by atoms with E-state index in [-0.39, 0.29) is 5.92 Å². The highest BCUT2D eigenvalue weighted by Crippen LogP contribution is 2.25. The van der Waals surface area contributed by atoms with Crippen LogP contribution < -0.4 is 10.6 Å². The van der Waals surface area contributed by atoms with Crippen molar-refractivity contribution in [3.8, 4) is 0 Å². The Kier molecular flexibility index (Phi) is 7.49. The van der Waals surface area contributed by atoms with Crippen molar-refractivity contribution in [1.82, 2.24) is 10.6 Å². The van der Waals surface area contributed by atoms with Gasteiger partial charge >= 0.3 is 0 Å². The summed E-state index contributed by atoms with van der Waals surface area (Å²) in [5.41, 5.74) is 2.51. The Morgan fingerprint density at radius 1 is 0.893 bits per heavy atom. The number of nitrogens with one attached hydrogen (secondary N) is 2. The maximum absolute atomic E-state index is 6.11. The van der Waals surface area contributed by atoms with Crippen molar-refractivity contribution in [3.05, 3.63) is 70.7 Å². The number of amidine groups is 2. The first-order valence-corrected chi connectivity index (χ1v) is 10.4. The summed E-state index contributed by atoms with van der Waals surface area (Å²) in [5.74, 6) is 2.95. The second-order valence-electron chi connectivity index (χ2n) is 7.00. The molecule has 4 rings (SSSR count). The molecule has 2 heterocycles. The van der Waals surface area contributed by atoms with Gasteiger partial charge < -0.3 is 10.6 Å². The summed E-state index contributed by atoms with van der Waals surface area (Å²) >= 11 is 6.11. The lowest BCUT2D eigenvalue weighted by Gasteiger charge is -2.15. The van der Waals surface area contributed by atoms with E-state index >= 15 is 0 Å². The monoisotopic (exact) mass is 396 g/mol. The highest BCUT2D eigenvalue weighted by Gasteiger charge is 2.18. The van der Waals surface area contributed by atoms with Gasteiger partial charge in [-0.15, -0.1) is 0 Å². The Balaban J connectivity index is 0.000000161. The fourth-order valence-electron chi connectivity index (χ4n) is 3.60. The molecule has 0 aromatic heterocycles. The van der Waals surface area contributed by atoms with Gasteiger partial charge in [-0.1, -0.05) is 74.0 Å². The molecule has 28 heavy (non-hydrogen) atoms. The molecule has 2 aliphatic heterocycles. The smallest absolute Gasteiger partial charge is 0.104 e. The molecule has 2 N–H and O–H groups in total. The Hall–Kier alpha value is -2.33. The van der Waals surface area contributed by atoms with Crippen LogP contribution in [0.25, 0.3) is 0 Å². The van der Waals surface area contributed by atoms with Crippen molar-refractivity contribution >= 4 is 23.3 Å². The predicted octanol–water partition coefficient (Wildman–Crippen LogP) is 4.63. The third-order valence-electron chi connectivity index (χ3n) is 5.12. The summed E-state index contributed by atoms with van der Waals surface area (Å²) in [4.78, 5) is 8.89. The van der Waals surface area contributed by atoms with E-state index in [1.54, 1.807) is 0 Å². The molecule has 0 radical (unpaired) electrons. The van der Waals surface area contributed by atoms with Crippen LogP contribution in [-0.4, -0.2) is 37.9 Å². The quantitative estimate of drug-likeness (QED) is 0.774. The zero-order valence-corrected chi connectivity index (χ0v) is 17.4. The zero-order valence-electron chi connectivity index (χ0n) is 16.7. The van der Waals surface area contributed by atoms with E-state index in [2.05, 4.69) is 70.9 Å². The first-order valence-electron chi connectivity index (χ1n) is 10.1. The molecule has 0 amide bonds. The molecule has 4 nitrogen and oxygen atoms in total. The number of hydrogen-bond acceptors (Lipinski definition) is 4. The molecular formula is C23H29ClN4. The molecular weight excluding hydrogens is 368 g/mol. The Morgan fingerprint density at radius 3 is 2.07 bits per heavy atom. The molecule has 0 fully saturated rings. The van der Waals surface area contributed by atoms with E-state index in [9.17, 15) is 0 Å². The lowest BCUT2D eigenvalue weighted by molar-refractivity contribution is 0.815. The summed E-state index contributed by atoms with van der Waals surface area (Å²) in [6.07, 6.45) is 1.11. The van der Waals surface area contributed by atoms with E-state index in [1.165, 1.54) is 11.4 Å². The van der Waals surface area contributed by atoms with Crippen LogP contribution in [0.4, 0.5) is 0 Å². The van der Waals surface area contributed by atoms with Crippen molar-refractivity contribution < 1.29 is 0 Å². The van der Waals surface area contributed by atoms with Crippen LogP contribution in [0.2, 0.25) is 5.02 Å².